The molecule has 0 unspecified atom stereocenters. The van der Waals surface area contributed by atoms with Gasteiger partial charge in [-0.2, -0.15) is 0 Å². The van der Waals surface area contributed by atoms with E-state index in [0.717, 1.165) is 4.47 Å². The molecule has 0 amide bonds. The second kappa shape index (κ2) is 7.18. The summed E-state index contributed by atoms with van der Waals surface area (Å²) in [5.74, 6) is 0. The van der Waals surface area contributed by atoms with Gasteiger partial charge in [0.1, 0.15) is 0 Å². The van der Waals surface area contributed by atoms with Crippen LogP contribution in [0.1, 0.15) is 0 Å². The van der Waals surface area contributed by atoms with Crippen molar-refractivity contribution in [3.8, 4) is 0 Å². The van der Waals surface area contributed by atoms with E-state index in [0.29, 0.717) is 15.1 Å². The minimum Gasteiger partial charge on any atom is -0.0843 e. The van der Waals surface area contributed by atoms with E-state index >= 15 is 0 Å². The van der Waals surface area contributed by atoms with Gasteiger partial charge >= 0.3 is 0 Å². The lowest BCUT2D eigenvalue weighted by Gasteiger charge is -1.92. The first kappa shape index (κ1) is 13.9. The van der Waals surface area contributed by atoms with Gasteiger partial charge < -0.3 is 0 Å². The van der Waals surface area contributed by atoms with E-state index < -0.39 is 0 Å². The maximum Gasteiger partial charge on any atom is 0.0607 e. The molecule has 0 saturated carbocycles. The molecule has 0 aromatic heterocycles. The highest BCUT2D eigenvalue weighted by Gasteiger charge is 1.94. The third-order valence-electron chi connectivity index (χ3n) is 1.61. The molecular weight excluding hydrogens is 330 g/mol. The van der Waals surface area contributed by atoms with Crippen molar-refractivity contribution in [3.63, 3.8) is 0 Å². The molecule has 2 aromatic rings. The van der Waals surface area contributed by atoms with E-state index in [1.54, 1.807) is 18.2 Å². The Morgan fingerprint density at radius 3 is 1.75 bits per heavy atom. The van der Waals surface area contributed by atoms with Crippen LogP contribution in [0.2, 0.25) is 15.1 Å². The molecule has 0 heterocycles. The summed E-state index contributed by atoms with van der Waals surface area (Å²) in [6.07, 6.45) is 0. The number of benzene rings is 2. The van der Waals surface area contributed by atoms with Gasteiger partial charge in [0.05, 0.1) is 10.0 Å². The Morgan fingerprint density at radius 2 is 1.38 bits per heavy atom. The van der Waals surface area contributed by atoms with Crippen molar-refractivity contribution in [3.05, 3.63) is 68.1 Å². The van der Waals surface area contributed by atoms with E-state index in [2.05, 4.69) is 15.9 Å². The van der Waals surface area contributed by atoms with Crippen LogP contribution in [0.25, 0.3) is 0 Å². The zero-order valence-electron chi connectivity index (χ0n) is 8.13. The van der Waals surface area contributed by atoms with Crippen LogP contribution in [0.15, 0.2) is 53.0 Å². The molecule has 0 aliphatic heterocycles. The standard InChI is InChI=1S/C6H5Br.C6H3Cl3/c7-6-4-2-1-3-5-6;7-4-1-2-5(8)6(9)3-4/h1-5H;1-3H. The van der Waals surface area contributed by atoms with Crippen molar-refractivity contribution in [1.29, 1.82) is 0 Å². The average Bonchev–Trinajstić information content (AvgIpc) is 2.26. The molecule has 84 valence electrons. The van der Waals surface area contributed by atoms with Crippen LogP contribution in [0, 0.1) is 0 Å². The first-order valence-corrected chi connectivity index (χ1v) is 6.33. The lowest BCUT2D eigenvalue weighted by Crippen LogP contribution is -1.66. The Morgan fingerprint density at radius 1 is 0.750 bits per heavy atom. The molecule has 0 radical (unpaired) electrons. The first-order chi connectivity index (χ1) is 7.59. The van der Waals surface area contributed by atoms with Crippen LogP contribution in [-0.2, 0) is 0 Å². The molecule has 0 spiro atoms. The minimum absolute atomic E-state index is 0.490. The summed E-state index contributed by atoms with van der Waals surface area (Å²) in [5.41, 5.74) is 0. The molecule has 0 nitrogen and oxygen atoms in total. The largest absolute Gasteiger partial charge is 0.0843 e. The number of hydrogen-bond donors (Lipinski definition) is 0. The molecule has 0 aliphatic rings. The molecule has 2 aromatic carbocycles. The Hall–Kier alpha value is -0.210. The minimum atomic E-state index is 0.490. The topological polar surface area (TPSA) is 0 Å². The van der Waals surface area contributed by atoms with Gasteiger partial charge in [-0.25, -0.2) is 0 Å². The molecule has 4 heteroatoms. The van der Waals surface area contributed by atoms with Crippen LogP contribution in [0.3, 0.4) is 0 Å². The van der Waals surface area contributed by atoms with E-state index in [-0.39, 0.29) is 0 Å². The summed E-state index contributed by atoms with van der Waals surface area (Å²) in [6, 6.07) is 14.9. The quantitative estimate of drug-likeness (QED) is 0.509. The van der Waals surface area contributed by atoms with Gasteiger partial charge in [0.25, 0.3) is 0 Å². The van der Waals surface area contributed by atoms with Gasteiger partial charge in [-0.1, -0.05) is 68.9 Å². The van der Waals surface area contributed by atoms with Crippen molar-refractivity contribution in [2.45, 2.75) is 0 Å². The lowest BCUT2D eigenvalue weighted by molar-refractivity contribution is 1.66. The summed E-state index contributed by atoms with van der Waals surface area (Å²) < 4.78 is 1.13. The third-order valence-corrected chi connectivity index (χ3v) is 3.12. The van der Waals surface area contributed by atoms with E-state index in [4.69, 9.17) is 34.8 Å². The number of halogens is 4. The molecule has 0 saturated heterocycles. The Kier molecular flexibility index (Phi) is 6.22. The lowest BCUT2D eigenvalue weighted by atomic mass is 10.4. The summed E-state index contributed by atoms with van der Waals surface area (Å²) in [5, 5.41) is 1.62. The molecule has 0 atom stereocenters. The first-order valence-electron chi connectivity index (χ1n) is 4.40. The van der Waals surface area contributed by atoms with Crippen molar-refractivity contribution < 1.29 is 0 Å². The highest BCUT2D eigenvalue weighted by atomic mass is 79.9. The van der Waals surface area contributed by atoms with Gasteiger partial charge in [-0.05, 0) is 30.3 Å². The predicted octanol–water partition coefficient (Wildman–Crippen LogP) is 6.10. The monoisotopic (exact) mass is 336 g/mol. The van der Waals surface area contributed by atoms with Crippen LogP contribution in [-0.4, -0.2) is 0 Å². The number of rotatable bonds is 0. The van der Waals surface area contributed by atoms with Crippen molar-refractivity contribution in [2.75, 3.05) is 0 Å². The smallest absolute Gasteiger partial charge is 0.0607 e. The van der Waals surface area contributed by atoms with Gasteiger partial charge in [-0.3, -0.25) is 0 Å². The molecule has 16 heavy (non-hydrogen) atoms. The van der Waals surface area contributed by atoms with Crippen molar-refractivity contribution in [1.82, 2.24) is 0 Å². The molecule has 0 fully saturated rings. The Bertz CT molecular complexity index is 443. The van der Waals surface area contributed by atoms with Crippen LogP contribution < -0.4 is 0 Å². The molecule has 0 bridgehead atoms. The van der Waals surface area contributed by atoms with Crippen molar-refractivity contribution in [2.24, 2.45) is 0 Å². The SMILES string of the molecule is Brc1ccccc1.Clc1ccc(Cl)c(Cl)c1. The highest BCUT2D eigenvalue weighted by molar-refractivity contribution is 9.10. The fraction of sp³-hybridized carbons (Fsp3) is 0. The van der Waals surface area contributed by atoms with Crippen LogP contribution in [0.5, 0.6) is 0 Å². The molecule has 0 aliphatic carbocycles. The van der Waals surface area contributed by atoms with Gasteiger partial charge in [-0.15, -0.1) is 0 Å². The van der Waals surface area contributed by atoms with E-state index in [1.807, 2.05) is 30.3 Å². The Balaban J connectivity index is 0.000000165. The summed E-state index contributed by atoms with van der Waals surface area (Å²) >= 11 is 20.1. The summed E-state index contributed by atoms with van der Waals surface area (Å²) in [7, 11) is 0. The average molecular weight is 338 g/mol. The van der Waals surface area contributed by atoms with E-state index in [1.165, 1.54) is 0 Å². The molecule has 0 N–H and O–H groups in total. The molecule has 2 rings (SSSR count). The van der Waals surface area contributed by atoms with E-state index in [9.17, 15) is 0 Å². The second-order valence-corrected chi connectivity index (χ2v) is 5.02. The zero-order chi connectivity index (χ0) is 12.0. The zero-order valence-corrected chi connectivity index (χ0v) is 12.0. The predicted molar refractivity (Wildman–Crippen MR) is 75.6 cm³/mol. The van der Waals surface area contributed by atoms with Crippen LogP contribution >= 0.6 is 50.7 Å². The van der Waals surface area contributed by atoms with Gasteiger partial charge in [0.15, 0.2) is 0 Å². The van der Waals surface area contributed by atoms with Crippen molar-refractivity contribution >= 4 is 50.7 Å². The fourth-order valence-electron chi connectivity index (χ4n) is 0.885. The maximum atomic E-state index is 5.60. The second-order valence-electron chi connectivity index (χ2n) is 2.85. The third kappa shape index (κ3) is 5.22. The fourth-order valence-corrected chi connectivity index (χ4v) is 1.72. The normalized spacial score (nSPS) is 9.25. The molecular formula is C12H8BrCl3. The van der Waals surface area contributed by atoms with Crippen LogP contribution in [0.4, 0.5) is 0 Å². The summed E-state index contributed by atoms with van der Waals surface area (Å²) in [4.78, 5) is 0. The maximum absolute atomic E-state index is 5.60. The van der Waals surface area contributed by atoms with Gasteiger partial charge in [0, 0.05) is 9.50 Å². The number of hydrogen-bond acceptors (Lipinski definition) is 0. The Labute approximate surface area is 118 Å². The highest BCUT2D eigenvalue weighted by Crippen LogP contribution is 2.24. The summed E-state index contributed by atoms with van der Waals surface area (Å²) in [6.45, 7) is 0. The van der Waals surface area contributed by atoms with Gasteiger partial charge in [0.2, 0.25) is 0 Å².